The Bertz CT molecular complexity index is 666. The van der Waals surface area contributed by atoms with Crippen molar-refractivity contribution in [3.8, 4) is 0 Å². The minimum Gasteiger partial charge on any atom is -0.356 e. The molecule has 2 aromatic rings. The number of pyridine rings is 1. The van der Waals surface area contributed by atoms with Gasteiger partial charge in [0.1, 0.15) is 10.7 Å². The molecule has 1 saturated heterocycles. The van der Waals surface area contributed by atoms with Crippen LogP contribution < -0.4 is 10.2 Å². The third-order valence-electron chi connectivity index (χ3n) is 4.06. The lowest BCUT2D eigenvalue weighted by Gasteiger charge is -2.29. The Kier molecular flexibility index (Phi) is 5.17. The summed E-state index contributed by atoms with van der Waals surface area (Å²) >= 11 is 1.15. The highest BCUT2D eigenvalue weighted by molar-refractivity contribution is 7.08. The van der Waals surface area contributed by atoms with E-state index in [0.717, 1.165) is 41.7 Å². The largest absolute Gasteiger partial charge is 0.356 e. The zero-order valence-electron chi connectivity index (χ0n) is 13.3. The molecule has 1 aliphatic heterocycles. The van der Waals surface area contributed by atoms with E-state index in [1.165, 1.54) is 19.3 Å². The number of hydrogen-bond acceptors (Lipinski definition) is 6. The lowest BCUT2D eigenvalue weighted by atomic mass is 10.1. The number of aryl methyl sites for hydroxylation is 1. The van der Waals surface area contributed by atoms with Crippen LogP contribution in [0.25, 0.3) is 0 Å². The maximum atomic E-state index is 12.3. The van der Waals surface area contributed by atoms with Gasteiger partial charge in [0, 0.05) is 31.4 Å². The molecule has 6 nitrogen and oxygen atoms in total. The summed E-state index contributed by atoms with van der Waals surface area (Å²) in [6.07, 6.45) is 6.22. The molecule has 0 aliphatic carbocycles. The van der Waals surface area contributed by atoms with Crippen LogP contribution in [0.1, 0.15) is 47.1 Å². The van der Waals surface area contributed by atoms with Crippen molar-refractivity contribution in [3.63, 3.8) is 0 Å². The van der Waals surface area contributed by atoms with Crippen molar-refractivity contribution in [2.75, 3.05) is 18.0 Å². The SMILES string of the molecule is CCc1nnsc1C(=O)NCc1cccnc1N1CCCCC1. The highest BCUT2D eigenvalue weighted by Gasteiger charge is 2.18. The minimum absolute atomic E-state index is 0.106. The van der Waals surface area contributed by atoms with Crippen LogP contribution in [0.5, 0.6) is 0 Å². The monoisotopic (exact) mass is 331 g/mol. The number of piperidine rings is 1. The Hall–Kier alpha value is -2.02. The average Bonchev–Trinajstić information content (AvgIpc) is 3.09. The number of rotatable bonds is 5. The first kappa shape index (κ1) is 15.9. The summed E-state index contributed by atoms with van der Waals surface area (Å²) in [4.78, 5) is 19.8. The standard InChI is InChI=1S/C16H21N5OS/c1-2-13-14(23-20-19-13)16(22)18-11-12-7-6-8-17-15(12)21-9-4-3-5-10-21/h6-8H,2-5,9-11H2,1H3,(H,18,22). The summed E-state index contributed by atoms with van der Waals surface area (Å²) in [6.45, 7) is 4.52. The van der Waals surface area contributed by atoms with Gasteiger partial charge in [-0.2, -0.15) is 0 Å². The number of amides is 1. The molecule has 7 heteroatoms. The Morgan fingerprint density at radius 3 is 2.96 bits per heavy atom. The Morgan fingerprint density at radius 2 is 2.17 bits per heavy atom. The first-order valence-electron chi connectivity index (χ1n) is 8.08. The van der Waals surface area contributed by atoms with E-state index in [1.54, 1.807) is 0 Å². The second-order valence-electron chi connectivity index (χ2n) is 5.62. The number of hydrogen-bond donors (Lipinski definition) is 1. The zero-order chi connectivity index (χ0) is 16.1. The van der Waals surface area contributed by atoms with E-state index in [4.69, 9.17) is 0 Å². The van der Waals surface area contributed by atoms with Crippen LogP contribution in [-0.2, 0) is 13.0 Å². The van der Waals surface area contributed by atoms with Gasteiger partial charge in [-0.3, -0.25) is 4.79 Å². The van der Waals surface area contributed by atoms with Crippen molar-refractivity contribution >= 4 is 23.3 Å². The Morgan fingerprint density at radius 1 is 1.35 bits per heavy atom. The fraction of sp³-hybridized carbons (Fsp3) is 0.500. The lowest BCUT2D eigenvalue weighted by molar-refractivity contribution is 0.0954. The highest BCUT2D eigenvalue weighted by Crippen LogP contribution is 2.21. The molecule has 23 heavy (non-hydrogen) atoms. The maximum absolute atomic E-state index is 12.3. The lowest BCUT2D eigenvalue weighted by Crippen LogP contribution is -2.32. The van der Waals surface area contributed by atoms with Crippen LogP contribution in [0, 0.1) is 0 Å². The van der Waals surface area contributed by atoms with Crippen LogP contribution in [0.2, 0.25) is 0 Å². The predicted molar refractivity (Wildman–Crippen MR) is 90.8 cm³/mol. The molecule has 0 atom stereocenters. The van der Waals surface area contributed by atoms with E-state index < -0.39 is 0 Å². The average molecular weight is 331 g/mol. The van der Waals surface area contributed by atoms with Gasteiger partial charge in [-0.1, -0.05) is 17.5 Å². The number of carbonyl (C=O) groups is 1. The van der Waals surface area contributed by atoms with Crippen molar-refractivity contribution in [2.45, 2.75) is 39.2 Å². The van der Waals surface area contributed by atoms with Crippen molar-refractivity contribution in [3.05, 3.63) is 34.5 Å². The van der Waals surface area contributed by atoms with E-state index in [2.05, 4.69) is 24.8 Å². The molecule has 3 heterocycles. The van der Waals surface area contributed by atoms with E-state index >= 15 is 0 Å². The third kappa shape index (κ3) is 3.67. The number of nitrogens with zero attached hydrogens (tertiary/aromatic N) is 4. The smallest absolute Gasteiger partial charge is 0.265 e. The third-order valence-corrected chi connectivity index (χ3v) is 4.83. The number of carbonyl (C=O) groups excluding carboxylic acids is 1. The van der Waals surface area contributed by atoms with Crippen LogP contribution in [0.15, 0.2) is 18.3 Å². The summed E-state index contributed by atoms with van der Waals surface area (Å²) in [5.74, 6) is 0.885. The fourth-order valence-electron chi connectivity index (χ4n) is 2.83. The van der Waals surface area contributed by atoms with E-state index in [1.807, 2.05) is 25.3 Å². The Labute approximate surface area is 140 Å². The van der Waals surface area contributed by atoms with Gasteiger partial charge in [-0.05, 0) is 43.3 Å². The zero-order valence-corrected chi connectivity index (χ0v) is 14.1. The molecule has 0 bridgehead atoms. The van der Waals surface area contributed by atoms with Gasteiger partial charge >= 0.3 is 0 Å². The molecular formula is C16H21N5OS. The molecule has 1 N–H and O–H groups in total. The van der Waals surface area contributed by atoms with Gasteiger partial charge in [-0.25, -0.2) is 4.98 Å². The summed E-state index contributed by atoms with van der Waals surface area (Å²) in [6, 6.07) is 3.95. The fourth-order valence-corrected chi connectivity index (χ4v) is 3.49. The minimum atomic E-state index is -0.106. The summed E-state index contributed by atoms with van der Waals surface area (Å²) in [5, 5.41) is 6.97. The van der Waals surface area contributed by atoms with Gasteiger partial charge in [0.15, 0.2) is 0 Å². The maximum Gasteiger partial charge on any atom is 0.265 e. The molecule has 0 saturated carbocycles. The van der Waals surface area contributed by atoms with Crippen LogP contribution in [0.4, 0.5) is 5.82 Å². The second-order valence-corrected chi connectivity index (χ2v) is 6.37. The molecule has 3 rings (SSSR count). The second kappa shape index (κ2) is 7.50. The van der Waals surface area contributed by atoms with Crippen molar-refractivity contribution in [1.29, 1.82) is 0 Å². The van der Waals surface area contributed by atoms with Gasteiger partial charge in [0.05, 0.1) is 5.69 Å². The molecule has 1 fully saturated rings. The van der Waals surface area contributed by atoms with Gasteiger partial charge in [0.2, 0.25) is 0 Å². The van der Waals surface area contributed by atoms with Crippen LogP contribution in [-0.4, -0.2) is 33.6 Å². The molecular weight excluding hydrogens is 310 g/mol. The molecule has 2 aromatic heterocycles. The van der Waals surface area contributed by atoms with E-state index in [9.17, 15) is 4.79 Å². The van der Waals surface area contributed by atoms with E-state index in [-0.39, 0.29) is 5.91 Å². The Balaban J connectivity index is 1.69. The molecule has 0 radical (unpaired) electrons. The van der Waals surface area contributed by atoms with Crippen LogP contribution in [0.3, 0.4) is 0 Å². The predicted octanol–water partition coefficient (Wildman–Crippen LogP) is 2.42. The van der Waals surface area contributed by atoms with Crippen LogP contribution >= 0.6 is 11.5 Å². The van der Waals surface area contributed by atoms with Crippen molar-refractivity contribution < 1.29 is 4.79 Å². The van der Waals surface area contributed by atoms with E-state index in [0.29, 0.717) is 17.8 Å². The highest BCUT2D eigenvalue weighted by atomic mass is 32.1. The molecule has 0 spiro atoms. The van der Waals surface area contributed by atoms with Gasteiger partial charge < -0.3 is 10.2 Å². The van der Waals surface area contributed by atoms with Gasteiger partial charge in [-0.15, -0.1) is 5.10 Å². The van der Waals surface area contributed by atoms with Crippen molar-refractivity contribution in [1.82, 2.24) is 19.9 Å². The number of aromatic nitrogens is 3. The number of nitrogens with one attached hydrogen (secondary N) is 1. The first-order chi connectivity index (χ1) is 11.3. The van der Waals surface area contributed by atoms with Gasteiger partial charge in [0.25, 0.3) is 5.91 Å². The molecule has 122 valence electrons. The number of anilines is 1. The summed E-state index contributed by atoms with van der Waals surface area (Å²) < 4.78 is 3.87. The molecule has 0 aromatic carbocycles. The van der Waals surface area contributed by atoms with Crippen molar-refractivity contribution in [2.24, 2.45) is 0 Å². The quantitative estimate of drug-likeness (QED) is 0.911. The summed E-state index contributed by atoms with van der Waals surface area (Å²) in [5.41, 5.74) is 1.81. The molecule has 1 amide bonds. The molecule has 0 unspecified atom stereocenters. The summed E-state index contributed by atoms with van der Waals surface area (Å²) in [7, 11) is 0. The normalized spacial score (nSPS) is 14.7. The first-order valence-corrected chi connectivity index (χ1v) is 8.85. The molecule has 1 aliphatic rings. The topological polar surface area (TPSA) is 71.0 Å².